The van der Waals surface area contributed by atoms with E-state index in [2.05, 4.69) is 24.2 Å². The minimum absolute atomic E-state index is 0. The van der Waals surface area contributed by atoms with Crippen molar-refractivity contribution in [2.75, 3.05) is 18.9 Å². The van der Waals surface area contributed by atoms with Crippen molar-refractivity contribution in [2.24, 2.45) is 5.73 Å². The molecule has 0 aromatic heterocycles. The van der Waals surface area contributed by atoms with Crippen LogP contribution in [0.15, 0.2) is 24.3 Å². The van der Waals surface area contributed by atoms with Gasteiger partial charge in [-0.2, -0.15) is 0 Å². The zero-order valence-corrected chi connectivity index (χ0v) is 12.0. The lowest BCUT2D eigenvalue weighted by Gasteiger charge is -2.23. The Hall–Kier alpha value is -1.10. The molecule has 0 aliphatic rings. The first-order valence-corrected chi connectivity index (χ1v) is 5.79. The standard InChI is InChI=1S/C13H21N3O.ClH/c1-10(8-14)16(3)9-12-4-6-13(7-5-12)15-11(2)17;/h4-7,10H,8-9,14H2,1-3H3,(H,15,17);1H. The number of hydrogen-bond donors (Lipinski definition) is 2. The van der Waals surface area contributed by atoms with Crippen molar-refractivity contribution >= 4 is 24.0 Å². The van der Waals surface area contributed by atoms with Gasteiger partial charge in [0.2, 0.25) is 5.91 Å². The van der Waals surface area contributed by atoms with Gasteiger partial charge >= 0.3 is 0 Å². The van der Waals surface area contributed by atoms with E-state index >= 15 is 0 Å². The summed E-state index contributed by atoms with van der Waals surface area (Å²) in [6, 6.07) is 8.23. The van der Waals surface area contributed by atoms with E-state index in [0.29, 0.717) is 12.6 Å². The van der Waals surface area contributed by atoms with Gasteiger partial charge in [-0.15, -0.1) is 12.4 Å². The number of likely N-dealkylation sites (N-methyl/N-ethyl adjacent to an activating group) is 1. The molecule has 1 amide bonds. The van der Waals surface area contributed by atoms with Crippen molar-refractivity contribution in [2.45, 2.75) is 26.4 Å². The first-order chi connectivity index (χ1) is 8.02. The van der Waals surface area contributed by atoms with Crippen LogP contribution in [0.3, 0.4) is 0 Å². The van der Waals surface area contributed by atoms with Crippen LogP contribution < -0.4 is 11.1 Å². The minimum atomic E-state index is -0.0494. The van der Waals surface area contributed by atoms with Gasteiger partial charge in [-0.1, -0.05) is 12.1 Å². The highest BCUT2D eigenvalue weighted by molar-refractivity contribution is 5.88. The third-order valence-corrected chi connectivity index (χ3v) is 2.80. The zero-order valence-electron chi connectivity index (χ0n) is 11.1. The van der Waals surface area contributed by atoms with Crippen LogP contribution >= 0.6 is 12.4 Å². The van der Waals surface area contributed by atoms with Gasteiger partial charge in [-0.25, -0.2) is 0 Å². The Morgan fingerprint density at radius 1 is 1.39 bits per heavy atom. The topological polar surface area (TPSA) is 58.4 Å². The second-order valence-electron chi connectivity index (χ2n) is 4.38. The number of nitrogens with zero attached hydrogens (tertiary/aromatic N) is 1. The molecule has 3 N–H and O–H groups in total. The molecule has 0 saturated heterocycles. The third kappa shape index (κ3) is 5.49. The fourth-order valence-electron chi connectivity index (χ4n) is 1.52. The summed E-state index contributed by atoms with van der Waals surface area (Å²) in [6.45, 7) is 5.12. The Balaban J connectivity index is 0.00000289. The number of nitrogens with one attached hydrogen (secondary N) is 1. The number of carbonyl (C=O) groups is 1. The van der Waals surface area contributed by atoms with Gasteiger partial charge in [0, 0.05) is 31.7 Å². The number of amides is 1. The van der Waals surface area contributed by atoms with E-state index in [0.717, 1.165) is 12.2 Å². The van der Waals surface area contributed by atoms with Crippen LogP contribution in [-0.4, -0.2) is 30.4 Å². The fraction of sp³-hybridized carbons (Fsp3) is 0.462. The van der Waals surface area contributed by atoms with E-state index in [1.54, 1.807) is 0 Å². The maximum Gasteiger partial charge on any atom is 0.221 e. The average Bonchev–Trinajstić information content (AvgIpc) is 2.30. The molecule has 0 aliphatic heterocycles. The second-order valence-corrected chi connectivity index (χ2v) is 4.38. The maximum absolute atomic E-state index is 10.9. The molecule has 0 heterocycles. The van der Waals surface area contributed by atoms with Crippen molar-refractivity contribution in [1.29, 1.82) is 0 Å². The van der Waals surface area contributed by atoms with E-state index in [1.807, 2.05) is 24.3 Å². The van der Waals surface area contributed by atoms with E-state index in [4.69, 9.17) is 5.73 Å². The predicted molar refractivity (Wildman–Crippen MR) is 78.0 cm³/mol. The molecule has 0 radical (unpaired) electrons. The van der Waals surface area contributed by atoms with Gasteiger partial charge < -0.3 is 11.1 Å². The second kappa shape index (κ2) is 8.08. The number of halogens is 1. The molecule has 1 unspecified atom stereocenters. The Labute approximate surface area is 115 Å². The van der Waals surface area contributed by atoms with Gasteiger partial charge in [0.25, 0.3) is 0 Å². The van der Waals surface area contributed by atoms with Crippen LogP contribution in [0.1, 0.15) is 19.4 Å². The predicted octanol–water partition coefficient (Wildman–Crippen LogP) is 1.85. The normalized spacial score (nSPS) is 11.8. The van der Waals surface area contributed by atoms with Gasteiger partial charge in [-0.3, -0.25) is 9.69 Å². The first kappa shape index (κ1) is 16.9. The monoisotopic (exact) mass is 271 g/mol. The summed E-state index contributed by atoms with van der Waals surface area (Å²) in [5.41, 5.74) is 7.66. The Morgan fingerprint density at radius 2 is 1.94 bits per heavy atom. The molecule has 0 bridgehead atoms. The van der Waals surface area contributed by atoms with Gasteiger partial charge in [0.1, 0.15) is 0 Å². The minimum Gasteiger partial charge on any atom is -0.329 e. The number of carbonyl (C=O) groups excluding carboxylic acids is 1. The van der Waals surface area contributed by atoms with Crippen molar-refractivity contribution in [3.8, 4) is 0 Å². The summed E-state index contributed by atoms with van der Waals surface area (Å²) in [7, 11) is 2.05. The summed E-state index contributed by atoms with van der Waals surface area (Å²) in [6.07, 6.45) is 0. The molecule has 1 atom stereocenters. The first-order valence-electron chi connectivity index (χ1n) is 5.79. The molecule has 0 aliphatic carbocycles. The lowest BCUT2D eigenvalue weighted by molar-refractivity contribution is -0.114. The SMILES string of the molecule is CC(=O)Nc1ccc(CN(C)C(C)CN)cc1.Cl. The highest BCUT2D eigenvalue weighted by Crippen LogP contribution is 2.11. The summed E-state index contributed by atoms with van der Waals surface area (Å²) in [4.78, 5) is 13.1. The van der Waals surface area contributed by atoms with Crippen LogP contribution in [0.4, 0.5) is 5.69 Å². The van der Waals surface area contributed by atoms with E-state index in [-0.39, 0.29) is 18.3 Å². The number of nitrogens with two attached hydrogens (primary N) is 1. The fourth-order valence-corrected chi connectivity index (χ4v) is 1.52. The summed E-state index contributed by atoms with van der Waals surface area (Å²) in [5.74, 6) is -0.0494. The van der Waals surface area contributed by atoms with Crippen LogP contribution in [-0.2, 0) is 11.3 Å². The van der Waals surface area contributed by atoms with E-state index in [1.165, 1.54) is 12.5 Å². The molecule has 1 rings (SSSR count). The third-order valence-electron chi connectivity index (χ3n) is 2.80. The molecule has 0 fully saturated rings. The Bertz CT molecular complexity index is 367. The van der Waals surface area contributed by atoms with Crippen LogP contribution in [0.5, 0.6) is 0 Å². The molecule has 1 aromatic carbocycles. The Morgan fingerprint density at radius 3 is 2.39 bits per heavy atom. The quantitative estimate of drug-likeness (QED) is 0.859. The summed E-state index contributed by atoms with van der Waals surface area (Å²) in [5, 5.41) is 2.75. The zero-order chi connectivity index (χ0) is 12.8. The lowest BCUT2D eigenvalue weighted by atomic mass is 10.1. The largest absolute Gasteiger partial charge is 0.329 e. The highest BCUT2D eigenvalue weighted by atomic mass is 35.5. The molecule has 0 saturated carbocycles. The number of benzene rings is 1. The van der Waals surface area contributed by atoms with Crippen molar-refractivity contribution in [1.82, 2.24) is 4.90 Å². The molecular weight excluding hydrogens is 250 g/mol. The molecule has 5 heteroatoms. The summed E-state index contributed by atoms with van der Waals surface area (Å²) >= 11 is 0. The van der Waals surface area contributed by atoms with Crippen LogP contribution in [0, 0.1) is 0 Å². The van der Waals surface area contributed by atoms with Gasteiger partial charge in [-0.05, 0) is 31.7 Å². The van der Waals surface area contributed by atoms with Crippen LogP contribution in [0.2, 0.25) is 0 Å². The number of rotatable bonds is 5. The number of anilines is 1. The van der Waals surface area contributed by atoms with Gasteiger partial charge in [0.05, 0.1) is 0 Å². The Kier molecular flexibility index (Phi) is 7.59. The van der Waals surface area contributed by atoms with Crippen LogP contribution in [0.25, 0.3) is 0 Å². The van der Waals surface area contributed by atoms with E-state index in [9.17, 15) is 4.79 Å². The molecule has 18 heavy (non-hydrogen) atoms. The molecule has 4 nitrogen and oxygen atoms in total. The molecule has 0 spiro atoms. The average molecular weight is 272 g/mol. The smallest absolute Gasteiger partial charge is 0.221 e. The lowest BCUT2D eigenvalue weighted by Crippen LogP contribution is -2.34. The summed E-state index contributed by atoms with van der Waals surface area (Å²) < 4.78 is 0. The van der Waals surface area contributed by atoms with E-state index < -0.39 is 0 Å². The number of hydrogen-bond acceptors (Lipinski definition) is 3. The molecule has 102 valence electrons. The molecular formula is C13H22ClN3O. The van der Waals surface area contributed by atoms with Crippen molar-refractivity contribution in [3.63, 3.8) is 0 Å². The maximum atomic E-state index is 10.9. The van der Waals surface area contributed by atoms with Crippen molar-refractivity contribution in [3.05, 3.63) is 29.8 Å². The highest BCUT2D eigenvalue weighted by Gasteiger charge is 2.07. The van der Waals surface area contributed by atoms with Gasteiger partial charge in [0.15, 0.2) is 0 Å². The molecule has 1 aromatic rings. The van der Waals surface area contributed by atoms with Crippen molar-refractivity contribution < 1.29 is 4.79 Å².